The van der Waals surface area contributed by atoms with Crippen molar-refractivity contribution in [3.63, 3.8) is 0 Å². The van der Waals surface area contributed by atoms with Crippen molar-refractivity contribution in [1.29, 1.82) is 0 Å². The highest BCUT2D eigenvalue weighted by Crippen LogP contribution is 2.06. The van der Waals surface area contributed by atoms with Gasteiger partial charge in [-0.15, -0.1) is 0 Å². The van der Waals surface area contributed by atoms with Crippen molar-refractivity contribution in [2.45, 2.75) is 19.8 Å². The van der Waals surface area contributed by atoms with Crippen LogP contribution < -0.4 is 11.1 Å². The zero-order chi connectivity index (χ0) is 14.4. The molecule has 0 aliphatic carbocycles. The molecule has 0 unspecified atom stereocenters. The van der Waals surface area contributed by atoms with Crippen LogP contribution in [0.1, 0.15) is 16.8 Å². The van der Waals surface area contributed by atoms with Crippen LogP contribution in [0.25, 0.3) is 0 Å². The van der Waals surface area contributed by atoms with Crippen molar-refractivity contribution in [3.8, 4) is 0 Å². The summed E-state index contributed by atoms with van der Waals surface area (Å²) in [5.41, 5.74) is 9.41. The van der Waals surface area contributed by atoms with Gasteiger partial charge in [0, 0.05) is 18.4 Å². The summed E-state index contributed by atoms with van der Waals surface area (Å²) in [5, 5.41) is 2.91. The van der Waals surface area contributed by atoms with Crippen molar-refractivity contribution in [2.75, 3.05) is 12.3 Å². The molecule has 20 heavy (non-hydrogen) atoms. The minimum atomic E-state index is 0.00208. The van der Waals surface area contributed by atoms with Crippen molar-refractivity contribution < 1.29 is 4.79 Å². The van der Waals surface area contributed by atoms with Gasteiger partial charge in [-0.25, -0.2) is 0 Å². The van der Waals surface area contributed by atoms with E-state index < -0.39 is 0 Å². The fraction of sp³-hybridized carbons (Fsp3) is 0.250. The zero-order valence-electron chi connectivity index (χ0n) is 11.6. The Kier molecular flexibility index (Phi) is 4.71. The highest BCUT2D eigenvalue weighted by Gasteiger charge is 2.06. The highest BCUT2D eigenvalue weighted by atomic mass is 16.1. The number of amides is 1. The number of carbonyl (C=O) groups excluding carboxylic acids is 1. The molecule has 1 heterocycles. The van der Waals surface area contributed by atoms with E-state index in [0.717, 1.165) is 28.9 Å². The van der Waals surface area contributed by atoms with Crippen molar-refractivity contribution in [2.24, 2.45) is 0 Å². The normalized spacial score (nSPS) is 10.2. The van der Waals surface area contributed by atoms with Crippen molar-refractivity contribution in [1.82, 2.24) is 10.3 Å². The van der Waals surface area contributed by atoms with Crippen LogP contribution in [0.2, 0.25) is 0 Å². The van der Waals surface area contributed by atoms with Gasteiger partial charge in [-0.05, 0) is 42.7 Å². The number of pyridine rings is 1. The predicted molar refractivity (Wildman–Crippen MR) is 80.2 cm³/mol. The maximum Gasteiger partial charge on any atom is 0.226 e. The molecule has 104 valence electrons. The first-order valence-electron chi connectivity index (χ1n) is 6.67. The van der Waals surface area contributed by atoms with Gasteiger partial charge in [-0.2, -0.15) is 0 Å². The van der Waals surface area contributed by atoms with E-state index in [1.54, 1.807) is 6.20 Å². The second-order valence-electron chi connectivity index (χ2n) is 4.79. The smallest absolute Gasteiger partial charge is 0.226 e. The lowest BCUT2D eigenvalue weighted by molar-refractivity contribution is -0.120. The van der Waals surface area contributed by atoms with Crippen LogP contribution >= 0.6 is 0 Å². The molecule has 0 fully saturated rings. The van der Waals surface area contributed by atoms with E-state index in [4.69, 9.17) is 5.73 Å². The number of rotatable bonds is 5. The van der Waals surface area contributed by atoms with Crippen LogP contribution in [0, 0.1) is 6.92 Å². The SMILES string of the molecule is Cc1cccnc1CC(=O)NCCc1ccc(N)cc1. The number of nitrogens with zero attached hydrogens (tertiary/aromatic N) is 1. The number of nitrogens with two attached hydrogens (primary N) is 1. The Morgan fingerprint density at radius 1 is 1.25 bits per heavy atom. The lowest BCUT2D eigenvalue weighted by Crippen LogP contribution is -2.27. The van der Waals surface area contributed by atoms with Gasteiger partial charge in [0.1, 0.15) is 0 Å². The number of hydrogen-bond acceptors (Lipinski definition) is 3. The molecule has 0 aliphatic heterocycles. The van der Waals surface area contributed by atoms with Gasteiger partial charge >= 0.3 is 0 Å². The summed E-state index contributed by atoms with van der Waals surface area (Å²) >= 11 is 0. The molecule has 0 spiro atoms. The topological polar surface area (TPSA) is 68.0 Å². The molecule has 4 heteroatoms. The minimum Gasteiger partial charge on any atom is -0.399 e. The van der Waals surface area contributed by atoms with Crippen LogP contribution in [0.15, 0.2) is 42.6 Å². The number of anilines is 1. The van der Waals surface area contributed by atoms with E-state index in [-0.39, 0.29) is 5.91 Å². The number of hydrogen-bond donors (Lipinski definition) is 2. The second kappa shape index (κ2) is 6.70. The molecule has 4 nitrogen and oxygen atoms in total. The van der Waals surface area contributed by atoms with Gasteiger partial charge in [0.05, 0.1) is 12.1 Å². The van der Waals surface area contributed by atoms with E-state index in [2.05, 4.69) is 10.3 Å². The van der Waals surface area contributed by atoms with Gasteiger partial charge < -0.3 is 11.1 Å². The summed E-state index contributed by atoms with van der Waals surface area (Å²) in [6.45, 7) is 2.58. The Morgan fingerprint density at radius 2 is 2.00 bits per heavy atom. The lowest BCUT2D eigenvalue weighted by Gasteiger charge is -2.07. The summed E-state index contributed by atoms with van der Waals surface area (Å²) in [5.74, 6) is 0.00208. The Morgan fingerprint density at radius 3 is 2.70 bits per heavy atom. The molecule has 0 saturated carbocycles. The third kappa shape index (κ3) is 4.09. The Balaban J connectivity index is 1.78. The highest BCUT2D eigenvalue weighted by molar-refractivity contribution is 5.78. The molecular formula is C16H19N3O. The summed E-state index contributed by atoms with van der Waals surface area (Å²) in [4.78, 5) is 16.1. The number of nitrogens with one attached hydrogen (secondary N) is 1. The third-order valence-corrected chi connectivity index (χ3v) is 3.16. The van der Waals surface area contributed by atoms with E-state index in [1.165, 1.54) is 0 Å². The number of benzene rings is 1. The molecule has 2 rings (SSSR count). The standard InChI is InChI=1S/C16H19N3O/c1-12-3-2-9-18-15(12)11-16(20)19-10-8-13-4-6-14(17)7-5-13/h2-7,9H,8,10-11,17H2,1H3,(H,19,20). The first kappa shape index (κ1) is 14.1. The third-order valence-electron chi connectivity index (χ3n) is 3.16. The van der Waals surface area contributed by atoms with Crippen LogP contribution in [0.3, 0.4) is 0 Å². The number of nitrogen functional groups attached to an aromatic ring is 1. The fourth-order valence-electron chi connectivity index (χ4n) is 1.95. The molecule has 0 atom stereocenters. The summed E-state index contributed by atoms with van der Waals surface area (Å²) < 4.78 is 0. The molecule has 2 aromatic rings. The van der Waals surface area contributed by atoms with Crippen LogP contribution in [0.4, 0.5) is 5.69 Å². The Bertz CT molecular complexity index is 579. The average Bonchev–Trinajstić information content (AvgIpc) is 2.44. The van der Waals surface area contributed by atoms with Crippen LogP contribution in [-0.2, 0) is 17.6 Å². The average molecular weight is 269 g/mol. The van der Waals surface area contributed by atoms with Gasteiger partial charge in [0.25, 0.3) is 0 Å². The molecule has 1 aromatic carbocycles. The van der Waals surface area contributed by atoms with Crippen LogP contribution in [-0.4, -0.2) is 17.4 Å². The fourth-order valence-corrected chi connectivity index (χ4v) is 1.95. The van der Waals surface area contributed by atoms with Gasteiger partial charge in [0.2, 0.25) is 5.91 Å². The Labute approximate surface area is 119 Å². The van der Waals surface area contributed by atoms with E-state index in [9.17, 15) is 4.79 Å². The molecule has 3 N–H and O–H groups in total. The summed E-state index contributed by atoms with van der Waals surface area (Å²) in [7, 11) is 0. The number of aromatic nitrogens is 1. The largest absolute Gasteiger partial charge is 0.399 e. The lowest BCUT2D eigenvalue weighted by atomic mass is 10.1. The summed E-state index contributed by atoms with van der Waals surface area (Å²) in [6.07, 6.45) is 2.84. The van der Waals surface area contributed by atoms with Gasteiger partial charge in [0.15, 0.2) is 0 Å². The quantitative estimate of drug-likeness (QED) is 0.814. The molecule has 0 bridgehead atoms. The van der Waals surface area contributed by atoms with E-state index in [1.807, 2.05) is 43.3 Å². The van der Waals surface area contributed by atoms with Crippen molar-refractivity contribution >= 4 is 11.6 Å². The first-order valence-corrected chi connectivity index (χ1v) is 6.67. The monoisotopic (exact) mass is 269 g/mol. The second-order valence-corrected chi connectivity index (χ2v) is 4.79. The molecule has 0 aliphatic rings. The maximum atomic E-state index is 11.8. The van der Waals surface area contributed by atoms with Gasteiger partial charge in [-0.3, -0.25) is 9.78 Å². The molecule has 0 radical (unpaired) electrons. The molecule has 1 aromatic heterocycles. The number of carbonyl (C=O) groups is 1. The van der Waals surface area contributed by atoms with Crippen molar-refractivity contribution in [3.05, 3.63) is 59.4 Å². The van der Waals surface area contributed by atoms with Gasteiger partial charge in [-0.1, -0.05) is 18.2 Å². The summed E-state index contributed by atoms with van der Waals surface area (Å²) in [6, 6.07) is 11.5. The van der Waals surface area contributed by atoms with Crippen LogP contribution in [0.5, 0.6) is 0 Å². The maximum absolute atomic E-state index is 11.8. The first-order chi connectivity index (χ1) is 9.65. The molecule has 0 saturated heterocycles. The number of aryl methyl sites for hydroxylation is 1. The zero-order valence-corrected chi connectivity index (χ0v) is 11.6. The molecular weight excluding hydrogens is 250 g/mol. The Hall–Kier alpha value is -2.36. The molecule has 1 amide bonds. The predicted octanol–water partition coefficient (Wildman–Crippen LogP) is 1.87. The minimum absolute atomic E-state index is 0.00208. The van der Waals surface area contributed by atoms with E-state index >= 15 is 0 Å². The van der Waals surface area contributed by atoms with E-state index in [0.29, 0.717) is 13.0 Å².